The fourth-order valence-electron chi connectivity index (χ4n) is 1.69. The van der Waals surface area contributed by atoms with Crippen LogP contribution < -0.4 is 10.6 Å². The monoisotopic (exact) mass is 225 g/mol. The molecule has 15 heavy (non-hydrogen) atoms. The molecule has 2 N–H and O–H groups in total. The highest BCUT2D eigenvalue weighted by atomic mass is 32.1. The lowest BCUT2D eigenvalue weighted by molar-refractivity contribution is -0.119. The van der Waals surface area contributed by atoms with Gasteiger partial charge in [0, 0.05) is 30.6 Å². The Balaban J connectivity index is 1.76. The molecule has 1 amide bonds. The van der Waals surface area contributed by atoms with Crippen molar-refractivity contribution in [2.24, 2.45) is 0 Å². The molecule has 4 nitrogen and oxygen atoms in total. The number of hydrogen-bond donors (Lipinski definition) is 2. The first kappa shape index (κ1) is 10.6. The normalized spacial score (nSPS) is 22.7. The third kappa shape index (κ3) is 2.76. The molecule has 0 bridgehead atoms. The lowest BCUT2D eigenvalue weighted by Gasteiger charge is -2.15. The van der Waals surface area contributed by atoms with Crippen LogP contribution in [0.2, 0.25) is 0 Å². The topological polar surface area (TPSA) is 54.0 Å². The summed E-state index contributed by atoms with van der Waals surface area (Å²) in [5.74, 6) is 0.170. The number of nitrogens with zero attached hydrogens (tertiary/aromatic N) is 1. The Morgan fingerprint density at radius 2 is 2.67 bits per heavy atom. The van der Waals surface area contributed by atoms with Crippen molar-refractivity contribution >= 4 is 17.2 Å². The SMILES string of the molecule is CC(NCC1CCC(=O)N1)c1nccs1. The third-order valence-electron chi connectivity index (χ3n) is 2.58. The minimum atomic E-state index is 0.170. The summed E-state index contributed by atoms with van der Waals surface area (Å²) in [7, 11) is 0. The van der Waals surface area contributed by atoms with Crippen LogP contribution in [-0.2, 0) is 4.79 Å². The molecule has 2 heterocycles. The van der Waals surface area contributed by atoms with Gasteiger partial charge in [-0.2, -0.15) is 0 Å². The van der Waals surface area contributed by atoms with Gasteiger partial charge in [-0.3, -0.25) is 4.79 Å². The highest BCUT2D eigenvalue weighted by Crippen LogP contribution is 2.15. The summed E-state index contributed by atoms with van der Waals surface area (Å²) in [6.45, 7) is 2.92. The van der Waals surface area contributed by atoms with E-state index in [2.05, 4.69) is 22.5 Å². The van der Waals surface area contributed by atoms with Gasteiger partial charge in [0.05, 0.1) is 6.04 Å². The second kappa shape index (κ2) is 4.72. The summed E-state index contributed by atoms with van der Waals surface area (Å²) < 4.78 is 0. The maximum atomic E-state index is 11.0. The van der Waals surface area contributed by atoms with E-state index in [0.717, 1.165) is 18.0 Å². The van der Waals surface area contributed by atoms with Crippen LogP contribution in [0.3, 0.4) is 0 Å². The van der Waals surface area contributed by atoms with Crippen molar-refractivity contribution in [3.8, 4) is 0 Å². The van der Waals surface area contributed by atoms with E-state index in [0.29, 0.717) is 12.5 Å². The second-order valence-electron chi connectivity index (χ2n) is 3.80. The molecular formula is C10H15N3OS. The van der Waals surface area contributed by atoms with Gasteiger partial charge in [0.25, 0.3) is 0 Å². The number of carbonyl (C=O) groups excluding carboxylic acids is 1. The standard InChI is InChI=1S/C10H15N3OS/c1-7(10-11-4-5-15-10)12-6-8-2-3-9(14)13-8/h4-5,7-8,12H,2-3,6H2,1H3,(H,13,14). The molecule has 1 saturated heterocycles. The van der Waals surface area contributed by atoms with Gasteiger partial charge in [-0.1, -0.05) is 0 Å². The summed E-state index contributed by atoms with van der Waals surface area (Å²) in [6.07, 6.45) is 3.42. The average molecular weight is 225 g/mol. The predicted molar refractivity (Wildman–Crippen MR) is 59.7 cm³/mol. The Morgan fingerprint density at radius 3 is 3.27 bits per heavy atom. The molecule has 1 fully saturated rings. The number of carbonyl (C=O) groups is 1. The Hall–Kier alpha value is -0.940. The van der Waals surface area contributed by atoms with E-state index in [4.69, 9.17) is 0 Å². The van der Waals surface area contributed by atoms with Crippen molar-refractivity contribution in [1.29, 1.82) is 0 Å². The Morgan fingerprint density at radius 1 is 1.80 bits per heavy atom. The molecule has 1 aromatic heterocycles. The zero-order valence-electron chi connectivity index (χ0n) is 8.69. The summed E-state index contributed by atoms with van der Waals surface area (Å²) in [6, 6.07) is 0.558. The first-order valence-corrected chi connectivity index (χ1v) is 6.06. The number of amides is 1. The molecule has 1 aliphatic rings. The minimum Gasteiger partial charge on any atom is -0.352 e. The quantitative estimate of drug-likeness (QED) is 0.806. The zero-order valence-corrected chi connectivity index (χ0v) is 9.51. The Kier molecular flexibility index (Phi) is 3.33. The lowest BCUT2D eigenvalue weighted by Crippen LogP contribution is -2.36. The van der Waals surface area contributed by atoms with Gasteiger partial charge in [-0.25, -0.2) is 4.98 Å². The van der Waals surface area contributed by atoms with Crippen LogP contribution in [0.25, 0.3) is 0 Å². The van der Waals surface area contributed by atoms with E-state index in [1.165, 1.54) is 0 Å². The first-order chi connectivity index (χ1) is 7.25. The maximum Gasteiger partial charge on any atom is 0.220 e. The fraction of sp³-hybridized carbons (Fsp3) is 0.600. The molecule has 0 aliphatic carbocycles. The molecule has 0 spiro atoms. The molecule has 0 aromatic carbocycles. The second-order valence-corrected chi connectivity index (χ2v) is 4.73. The lowest BCUT2D eigenvalue weighted by atomic mass is 10.2. The minimum absolute atomic E-state index is 0.170. The largest absolute Gasteiger partial charge is 0.352 e. The van der Waals surface area contributed by atoms with Gasteiger partial charge >= 0.3 is 0 Å². The van der Waals surface area contributed by atoms with E-state index in [-0.39, 0.29) is 11.9 Å². The molecule has 0 saturated carbocycles. The summed E-state index contributed by atoms with van der Waals surface area (Å²) >= 11 is 1.65. The van der Waals surface area contributed by atoms with Crippen LogP contribution >= 0.6 is 11.3 Å². The van der Waals surface area contributed by atoms with Gasteiger partial charge < -0.3 is 10.6 Å². The average Bonchev–Trinajstić information content (AvgIpc) is 2.84. The van der Waals surface area contributed by atoms with E-state index >= 15 is 0 Å². The Labute approximate surface area is 93.1 Å². The summed E-state index contributed by atoms with van der Waals surface area (Å²) in [5.41, 5.74) is 0. The molecule has 2 atom stereocenters. The van der Waals surface area contributed by atoms with Crippen molar-refractivity contribution in [3.05, 3.63) is 16.6 Å². The molecule has 0 radical (unpaired) electrons. The number of hydrogen-bond acceptors (Lipinski definition) is 4. The van der Waals surface area contributed by atoms with Crippen molar-refractivity contribution < 1.29 is 4.79 Å². The predicted octanol–water partition coefficient (Wildman–Crippen LogP) is 1.07. The number of thiazole rings is 1. The van der Waals surface area contributed by atoms with Gasteiger partial charge in [-0.05, 0) is 13.3 Å². The van der Waals surface area contributed by atoms with Gasteiger partial charge in [0.15, 0.2) is 0 Å². The van der Waals surface area contributed by atoms with E-state index in [9.17, 15) is 4.79 Å². The molecule has 5 heteroatoms. The van der Waals surface area contributed by atoms with Crippen LogP contribution in [0.15, 0.2) is 11.6 Å². The van der Waals surface area contributed by atoms with Crippen molar-refractivity contribution in [1.82, 2.24) is 15.6 Å². The van der Waals surface area contributed by atoms with Crippen LogP contribution in [0.5, 0.6) is 0 Å². The van der Waals surface area contributed by atoms with E-state index in [1.54, 1.807) is 11.3 Å². The van der Waals surface area contributed by atoms with Gasteiger partial charge in [0.1, 0.15) is 5.01 Å². The number of rotatable bonds is 4. The highest BCUT2D eigenvalue weighted by molar-refractivity contribution is 7.09. The van der Waals surface area contributed by atoms with Gasteiger partial charge in [-0.15, -0.1) is 11.3 Å². The fourth-order valence-corrected chi connectivity index (χ4v) is 2.36. The molecule has 1 aliphatic heterocycles. The summed E-state index contributed by atoms with van der Waals surface area (Å²) in [4.78, 5) is 15.2. The zero-order chi connectivity index (χ0) is 10.7. The first-order valence-electron chi connectivity index (χ1n) is 5.18. The maximum absolute atomic E-state index is 11.0. The van der Waals surface area contributed by atoms with Gasteiger partial charge in [0.2, 0.25) is 5.91 Å². The molecule has 2 rings (SSSR count). The smallest absolute Gasteiger partial charge is 0.220 e. The Bertz CT molecular complexity index is 325. The van der Waals surface area contributed by atoms with E-state index < -0.39 is 0 Å². The third-order valence-corrected chi connectivity index (χ3v) is 3.54. The van der Waals surface area contributed by atoms with Crippen LogP contribution in [-0.4, -0.2) is 23.5 Å². The van der Waals surface area contributed by atoms with Crippen LogP contribution in [0.1, 0.15) is 30.8 Å². The number of nitrogens with one attached hydrogen (secondary N) is 2. The van der Waals surface area contributed by atoms with Crippen molar-refractivity contribution in [2.75, 3.05) is 6.54 Å². The molecular weight excluding hydrogens is 210 g/mol. The van der Waals surface area contributed by atoms with E-state index in [1.807, 2.05) is 11.6 Å². The molecule has 2 unspecified atom stereocenters. The van der Waals surface area contributed by atoms with Crippen LogP contribution in [0, 0.1) is 0 Å². The summed E-state index contributed by atoms with van der Waals surface area (Å²) in [5, 5.41) is 9.39. The number of aromatic nitrogens is 1. The highest BCUT2D eigenvalue weighted by Gasteiger charge is 2.21. The molecule has 1 aromatic rings. The van der Waals surface area contributed by atoms with Crippen molar-refractivity contribution in [3.63, 3.8) is 0 Å². The van der Waals surface area contributed by atoms with Crippen molar-refractivity contribution in [2.45, 2.75) is 31.8 Å². The molecule has 82 valence electrons. The van der Waals surface area contributed by atoms with Crippen LogP contribution in [0.4, 0.5) is 0 Å².